The maximum atomic E-state index is 12.2. The molecule has 27 heavy (non-hydrogen) atoms. The number of carbonyl (C=O) groups excluding carboxylic acids is 1. The third-order valence-electron chi connectivity index (χ3n) is 3.83. The zero-order chi connectivity index (χ0) is 19.6. The quantitative estimate of drug-likeness (QED) is 0.624. The number of nitrogens with one attached hydrogen (secondary N) is 2. The van der Waals surface area contributed by atoms with Gasteiger partial charge in [0.25, 0.3) is 0 Å². The summed E-state index contributed by atoms with van der Waals surface area (Å²) >= 11 is 0. The van der Waals surface area contributed by atoms with E-state index in [1.54, 1.807) is 14.2 Å². The monoisotopic (exact) mass is 372 g/mol. The summed E-state index contributed by atoms with van der Waals surface area (Å²) in [4.78, 5) is 12.2. The van der Waals surface area contributed by atoms with Crippen molar-refractivity contribution in [3.63, 3.8) is 0 Å². The Labute approximate surface area is 160 Å². The fourth-order valence-electron chi connectivity index (χ4n) is 2.56. The van der Waals surface area contributed by atoms with E-state index in [0.29, 0.717) is 42.4 Å². The highest BCUT2D eigenvalue weighted by atomic mass is 16.5. The fraction of sp³-hybridized carbons (Fsp3) is 0.381. The smallest absolute Gasteiger partial charge is 0.225 e. The topological polar surface area (TPSA) is 68.8 Å². The van der Waals surface area contributed by atoms with Gasteiger partial charge in [-0.25, -0.2) is 0 Å². The third-order valence-corrected chi connectivity index (χ3v) is 3.83. The molecule has 0 bridgehead atoms. The zero-order valence-electron chi connectivity index (χ0n) is 16.4. The van der Waals surface area contributed by atoms with Crippen LogP contribution in [0, 0.1) is 0 Å². The van der Waals surface area contributed by atoms with Crippen LogP contribution in [0.1, 0.15) is 25.8 Å². The molecule has 0 atom stereocenters. The Morgan fingerprint density at radius 3 is 2.44 bits per heavy atom. The van der Waals surface area contributed by atoms with Gasteiger partial charge in [-0.15, -0.1) is 0 Å². The van der Waals surface area contributed by atoms with Gasteiger partial charge in [-0.1, -0.05) is 18.2 Å². The number of anilines is 1. The lowest BCUT2D eigenvalue weighted by Gasteiger charge is -2.15. The van der Waals surface area contributed by atoms with Crippen LogP contribution >= 0.6 is 0 Å². The molecular formula is C21H28N2O4. The molecule has 0 radical (unpaired) electrons. The number of para-hydroxylation sites is 2. The number of hydrogen-bond donors (Lipinski definition) is 2. The maximum Gasteiger partial charge on any atom is 0.225 e. The summed E-state index contributed by atoms with van der Waals surface area (Å²) in [6, 6.07) is 13.2. The minimum atomic E-state index is -0.0605. The van der Waals surface area contributed by atoms with Crippen LogP contribution in [0.25, 0.3) is 0 Å². The second-order valence-electron chi connectivity index (χ2n) is 6.33. The van der Waals surface area contributed by atoms with Gasteiger partial charge in [0.15, 0.2) is 11.5 Å². The molecule has 2 N–H and O–H groups in total. The number of methoxy groups -OCH3 is 2. The predicted molar refractivity (Wildman–Crippen MR) is 107 cm³/mol. The molecule has 6 nitrogen and oxygen atoms in total. The zero-order valence-corrected chi connectivity index (χ0v) is 16.4. The number of carbonyl (C=O) groups is 1. The van der Waals surface area contributed by atoms with Crippen molar-refractivity contribution in [2.24, 2.45) is 0 Å². The Balaban J connectivity index is 1.80. The number of amides is 1. The van der Waals surface area contributed by atoms with E-state index in [-0.39, 0.29) is 12.0 Å². The number of hydrogen-bond acceptors (Lipinski definition) is 5. The van der Waals surface area contributed by atoms with E-state index < -0.39 is 0 Å². The van der Waals surface area contributed by atoms with Crippen molar-refractivity contribution in [1.29, 1.82) is 0 Å². The van der Waals surface area contributed by atoms with E-state index >= 15 is 0 Å². The van der Waals surface area contributed by atoms with Crippen molar-refractivity contribution in [2.75, 3.05) is 26.1 Å². The summed E-state index contributed by atoms with van der Waals surface area (Å²) in [5, 5.41) is 6.17. The van der Waals surface area contributed by atoms with Gasteiger partial charge in [0.2, 0.25) is 5.91 Å². The lowest BCUT2D eigenvalue weighted by molar-refractivity contribution is -0.116. The molecule has 2 aromatic carbocycles. The molecule has 1 amide bonds. The normalized spacial score (nSPS) is 10.6. The standard InChI is InChI=1S/C21H28N2O4/c1-15(2)27-18-8-6-5-7-17(18)23-21(24)11-12-22-14-16-9-10-19(25-3)20(13-16)26-4/h5-10,13,15,22H,11-12,14H2,1-4H3,(H,23,24). The van der Waals surface area contributed by atoms with E-state index in [1.165, 1.54) is 0 Å². The van der Waals surface area contributed by atoms with Crippen molar-refractivity contribution >= 4 is 11.6 Å². The molecule has 0 fully saturated rings. The maximum absolute atomic E-state index is 12.2. The molecule has 0 aliphatic rings. The first-order valence-corrected chi connectivity index (χ1v) is 9.00. The third kappa shape index (κ3) is 6.49. The second kappa shape index (κ2) is 10.4. The molecule has 6 heteroatoms. The number of ether oxygens (including phenoxy) is 3. The number of benzene rings is 2. The van der Waals surface area contributed by atoms with Crippen LogP contribution in [0.2, 0.25) is 0 Å². The van der Waals surface area contributed by atoms with Gasteiger partial charge in [0, 0.05) is 19.5 Å². The lowest BCUT2D eigenvalue weighted by atomic mass is 10.2. The van der Waals surface area contributed by atoms with Crippen molar-refractivity contribution in [3.8, 4) is 17.2 Å². The molecule has 0 heterocycles. The first kappa shape index (κ1) is 20.6. The summed E-state index contributed by atoms with van der Waals surface area (Å²) < 4.78 is 16.2. The Morgan fingerprint density at radius 1 is 1.00 bits per heavy atom. The van der Waals surface area contributed by atoms with Crippen molar-refractivity contribution in [2.45, 2.75) is 32.9 Å². The minimum Gasteiger partial charge on any atom is -0.493 e. The summed E-state index contributed by atoms with van der Waals surface area (Å²) in [5.41, 5.74) is 1.75. The molecule has 2 aromatic rings. The van der Waals surface area contributed by atoms with Crippen LogP contribution < -0.4 is 24.8 Å². The molecule has 0 aliphatic carbocycles. The Hall–Kier alpha value is -2.73. The molecule has 0 spiro atoms. The first-order valence-electron chi connectivity index (χ1n) is 9.00. The molecule has 0 saturated heterocycles. The van der Waals surface area contributed by atoms with E-state index in [1.807, 2.05) is 56.3 Å². The highest BCUT2D eigenvalue weighted by molar-refractivity contribution is 5.92. The minimum absolute atomic E-state index is 0.0474. The fourth-order valence-corrected chi connectivity index (χ4v) is 2.56. The van der Waals surface area contributed by atoms with E-state index in [0.717, 1.165) is 5.56 Å². The van der Waals surface area contributed by atoms with Crippen LogP contribution in [0.15, 0.2) is 42.5 Å². The van der Waals surface area contributed by atoms with Gasteiger partial charge < -0.3 is 24.8 Å². The summed E-state index contributed by atoms with van der Waals surface area (Å²) in [6.07, 6.45) is 0.412. The van der Waals surface area contributed by atoms with Crippen molar-refractivity contribution < 1.29 is 19.0 Å². The van der Waals surface area contributed by atoms with Crippen LogP contribution in [0.5, 0.6) is 17.2 Å². The van der Waals surface area contributed by atoms with Gasteiger partial charge in [-0.2, -0.15) is 0 Å². The van der Waals surface area contributed by atoms with E-state index in [2.05, 4.69) is 10.6 Å². The molecule has 2 rings (SSSR count). The summed E-state index contributed by atoms with van der Waals surface area (Å²) in [5.74, 6) is 2.01. The van der Waals surface area contributed by atoms with Gasteiger partial charge in [-0.05, 0) is 43.7 Å². The Morgan fingerprint density at radius 2 is 1.74 bits per heavy atom. The molecule has 0 aliphatic heterocycles. The highest BCUT2D eigenvalue weighted by Gasteiger charge is 2.09. The highest BCUT2D eigenvalue weighted by Crippen LogP contribution is 2.27. The SMILES string of the molecule is COc1ccc(CNCCC(=O)Nc2ccccc2OC(C)C)cc1OC. The second-order valence-corrected chi connectivity index (χ2v) is 6.33. The molecule has 0 aromatic heterocycles. The molecule has 146 valence electrons. The van der Waals surface area contributed by atoms with Crippen molar-refractivity contribution in [1.82, 2.24) is 5.32 Å². The van der Waals surface area contributed by atoms with Crippen LogP contribution in [-0.4, -0.2) is 32.8 Å². The molecule has 0 unspecified atom stereocenters. The predicted octanol–water partition coefficient (Wildman–Crippen LogP) is 3.61. The van der Waals surface area contributed by atoms with Gasteiger partial charge >= 0.3 is 0 Å². The average molecular weight is 372 g/mol. The van der Waals surface area contributed by atoms with Gasteiger partial charge in [0.05, 0.1) is 26.0 Å². The molecular weight excluding hydrogens is 344 g/mol. The van der Waals surface area contributed by atoms with Crippen LogP contribution in [-0.2, 0) is 11.3 Å². The van der Waals surface area contributed by atoms with Gasteiger partial charge in [-0.3, -0.25) is 4.79 Å². The largest absolute Gasteiger partial charge is 0.493 e. The first-order chi connectivity index (χ1) is 13.0. The van der Waals surface area contributed by atoms with Gasteiger partial charge in [0.1, 0.15) is 5.75 Å². The average Bonchev–Trinajstić information content (AvgIpc) is 2.66. The summed E-state index contributed by atoms with van der Waals surface area (Å²) in [6.45, 7) is 5.11. The Kier molecular flexibility index (Phi) is 7.95. The molecule has 0 saturated carbocycles. The van der Waals surface area contributed by atoms with E-state index in [9.17, 15) is 4.79 Å². The van der Waals surface area contributed by atoms with Crippen LogP contribution in [0.3, 0.4) is 0 Å². The summed E-state index contributed by atoms with van der Waals surface area (Å²) in [7, 11) is 3.22. The van der Waals surface area contributed by atoms with Crippen molar-refractivity contribution in [3.05, 3.63) is 48.0 Å². The van der Waals surface area contributed by atoms with Crippen LogP contribution in [0.4, 0.5) is 5.69 Å². The lowest BCUT2D eigenvalue weighted by Crippen LogP contribution is -2.22. The Bertz CT molecular complexity index is 747. The number of rotatable bonds is 10. The van der Waals surface area contributed by atoms with E-state index in [4.69, 9.17) is 14.2 Å².